The Morgan fingerprint density at radius 3 is 3.09 bits per heavy atom. The molecule has 6 nitrogen and oxygen atoms in total. The van der Waals surface area contributed by atoms with Crippen molar-refractivity contribution in [3.8, 4) is 0 Å². The third-order valence-electron chi connectivity index (χ3n) is 4.08. The van der Waals surface area contributed by atoms with Gasteiger partial charge < -0.3 is 10.0 Å². The average molecular weight is 300 g/mol. The van der Waals surface area contributed by atoms with E-state index in [1.54, 1.807) is 6.20 Å². The lowest BCUT2D eigenvalue weighted by Gasteiger charge is -2.23. The van der Waals surface area contributed by atoms with Crippen LogP contribution < -0.4 is 10.9 Å². The van der Waals surface area contributed by atoms with Crippen LogP contribution in [0.5, 0.6) is 0 Å². The number of aromatic nitrogens is 1. The van der Waals surface area contributed by atoms with Crippen LogP contribution in [-0.4, -0.2) is 47.1 Å². The van der Waals surface area contributed by atoms with E-state index in [0.29, 0.717) is 13.1 Å². The highest BCUT2D eigenvalue weighted by molar-refractivity contribution is 5.81. The Morgan fingerprint density at radius 2 is 2.27 bits per heavy atom. The molecule has 3 N–H and O–H groups in total. The number of carboxylic acids is 1. The second kappa shape index (κ2) is 6.39. The van der Waals surface area contributed by atoms with Gasteiger partial charge in [0.2, 0.25) is 0 Å². The molecule has 0 amide bonds. The first kappa shape index (κ1) is 14.9. The lowest BCUT2D eigenvalue weighted by Crippen LogP contribution is -2.41. The Kier molecular flexibility index (Phi) is 4.33. The standard InChI is InChI=1S/C16H20N4O2/c1-20(10-12-8-18-19-15(12)16(21)22)9-11-4-2-6-14-13(11)5-3-7-17-14/h2-7,12,15,18-19H,8-10H2,1H3,(H,21,22). The maximum atomic E-state index is 11.2. The van der Waals surface area contributed by atoms with E-state index in [1.165, 1.54) is 5.56 Å². The number of hydrogen-bond acceptors (Lipinski definition) is 5. The Balaban J connectivity index is 1.71. The molecule has 116 valence electrons. The zero-order chi connectivity index (χ0) is 15.5. The van der Waals surface area contributed by atoms with E-state index in [1.807, 2.05) is 25.2 Å². The fourth-order valence-corrected chi connectivity index (χ4v) is 3.03. The first-order valence-corrected chi connectivity index (χ1v) is 7.37. The minimum atomic E-state index is -0.808. The molecular weight excluding hydrogens is 280 g/mol. The molecule has 1 aliphatic rings. The Morgan fingerprint density at radius 1 is 1.41 bits per heavy atom. The molecule has 0 aliphatic carbocycles. The summed E-state index contributed by atoms with van der Waals surface area (Å²) in [7, 11) is 2.02. The summed E-state index contributed by atoms with van der Waals surface area (Å²) in [4.78, 5) is 17.7. The van der Waals surface area contributed by atoms with Crippen LogP contribution in [0.25, 0.3) is 10.9 Å². The molecular formula is C16H20N4O2. The SMILES string of the molecule is CN(Cc1cccc2ncccc12)CC1CNNC1C(=O)O. The molecule has 2 unspecified atom stereocenters. The quantitative estimate of drug-likeness (QED) is 0.760. The molecule has 0 radical (unpaired) electrons. The van der Waals surface area contributed by atoms with Crippen LogP contribution in [0.1, 0.15) is 5.56 Å². The highest BCUT2D eigenvalue weighted by atomic mass is 16.4. The minimum absolute atomic E-state index is 0.0515. The van der Waals surface area contributed by atoms with Gasteiger partial charge in [0.25, 0.3) is 0 Å². The van der Waals surface area contributed by atoms with E-state index in [9.17, 15) is 9.90 Å². The van der Waals surface area contributed by atoms with Crippen LogP contribution >= 0.6 is 0 Å². The molecule has 2 atom stereocenters. The molecule has 2 heterocycles. The number of hydrazine groups is 1. The largest absolute Gasteiger partial charge is 0.480 e. The number of carbonyl (C=O) groups is 1. The number of fused-ring (bicyclic) bond motifs is 1. The van der Waals surface area contributed by atoms with Gasteiger partial charge in [-0.15, -0.1) is 0 Å². The summed E-state index contributed by atoms with van der Waals surface area (Å²) in [5, 5.41) is 10.3. The van der Waals surface area contributed by atoms with Gasteiger partial charge in [-0.1, -0.05) is 18.2 Å². The summed E-state index contributed by atoms with van der Waals surface area (Å²) in [6.45, 7) is 2.15. The molecule has 3 rings (SSSR count). The van der Waals surface area contributed by atoms with Gasteiger partial charge in [-0.2, -0.15) is 0 Å². The van der Waals surface area contributed by atoms with Crippen LogP contribution in [0.15, 0.2) is 36.5 Å². The zero-order valence-electron chi connectivity index (χ0n) is 12.5. The normalized spacial score (nSPS) is 21.5. The first-order chi connectivity index (χ1) is 10.6. The number of hydrogen-bond donors (Lipinski definition) is 3. The third kappa shape index (κ3) is 3.09. The lowest BCUT2D eigenvalue weighted by molar-refractivity contribution is -0.140. The molecule has 1 aromatic heterocycles. The summed E-state index contributed by atoms with van der Waals surface area (Å²) in [6, 6.07) is 9.60. The van der Waals surface area contributed by atoms with Crippen molar-refractivity contribution in [3.63, 3.8) is 0 Å². The van der Waals surface area contributed by atoms with Crippen LogP contribution in [0, 0.1) is 5.92 Å². The van der Waals surface area contributed by atoms with Crippen molar-refractivity contribution in [3.05, 3.63) is 42.1 Å². The van der Waals surface area contributed by atoms with Gasteiger partial charge in [-0.25, -0.2) is 5.43 Å². The zero-order valence-corrected chi connectivity index (χ0v) is 12.5. The van der Waals surface area contributed by atoms with Crippen molar-refractivity contribution in [1.29, 1.82) is 0 Å². The minimum Gasteiger partial charge on any atom is -0.480 e. The van der Waals surface area contributed by atoms with E-state index in [0.717, 1.165) is 17.4 Å². The molecule has 6 heteroatoms. The average Bonchev–Trinajstić information content (AvgIpc) is 2.96. The summed E-state index contributed by atoms with van der Waals surface area (Å²) in [6.07, 6.45) is 1.79. The van der Waals surface area contributed by atoms with Gasteiger partial charge in [0, 0.05) is 37.1 Å². The van der Waals surface area contributed by atoms with Crippen molar-refractivity contribution in [2.45, 2.75) is 12.6 Å². The number of rotatable bonds is 5. The molecule has 2 aromatic rings. The molecule has 22 heavy (non-hydrogen) atoms. The summed E-state index contributed by atoms with van der Waals surface area (Å²) < 4.78 is 0. The molecule has 1 aliphatic heterocycles. The van der Waals surface area contributed by atoms with Gasteiger partial charge in [0.1, 0.15) is 6.04 Å². The van der Waals surface area contributed by atoms with Crippen molar-refractivity contribution in [1.82, 2.24) is 20.7 Å². The highest BCUT2D eigenvalue weighted by Crippen LogP contribution is 2.19. The number of nitrogens with zero attached hydrogens (tertiary/aromatic N) is 2. The summed E-state index contributed by atoms with van der Waals surface area (Å²) in [5.41, 5.74) is 7.95. The maximum Gasteiger partial charge on any atom is 0.322 e. The van der Waals surface area contributed by atoms with Crippen LogP contribution in [0.4, 0.5) is 0 Å². The topological polar surface area (TPSA) is 77.5 Å². The van der Waals surface area contributed by atoms with Crippen molar-refractivity contribution in [2.75, 3.05) is 20.1 Å². The van der Waals surface area contributed by atoms with Crippen LogP contribution in [0.3, 0.4) is 0 Å². The van der Waals surface area contributed by atoms with E-state index < -0.39 is 12.0 Å². The van der Waals surface area contributed by atoms with Crippen molar-refractivity contribution in [2.24, 2.45) is 5.92 Å². The van der Waals surface area contributed by atoms with Crippen LogP contribution in [-0.2, 0) is 11.3 Å². The highest BCUT2D eigenvalue weighted by Gasteiger charge is 2.33. The van der Waals surface area contributed by atoms with E-state index in [2.05, 4.69) is 32.9 Å². The van der Waals surface area contributed by atoms with Gasteiger partial charge in [0.15, 0.2) is 0 Å². The number of carboxylic acid groups (broad SMARTS) is 1. The number of nitrogens with one attached hydrogen (secondary N) is 2. The van der Waals surface area contributed by atoms with Gasteiger partial charge in [-0.3, -0.25) is 15.2 Å². The summed E-state index contributed by atoms with van der Waals surface area (Å²) >= 11 is 0. The molecule has 0 spiro atoms. The van der Waals surface area contributed by atoms with Crippen molar-refractivity contribution >= 4 is 16.9 Å². The maximum absolute atomic E-state index is 11.2. The molecule has 0 saturated carbocycles. The Labute approximate surface area is 129 Å². The Hall–Kier alpha value is -2.02. The third-order valence-corrected chi connectivity index (χ3v) is 4.08. The number of pyridine rings is 1. The second-order valence-electron chi connectivity index (χ2n) is 5.79. The van der Waals surface area contributed by atoms with Gasteiger partial charge in [-0.05, 0) is 24.7 Å². The van der Waals surface area contributed by atoms with E-state index >= 15 is 0 Å². The number of aliphatic carboxylic acids is 1. The number of benzene rings is 1. The fourth-order valence-electron chi connectivity index (χ4n) is 3.03. The van der Waals surface area contributed by atoms with E-state index in [-0.39, 0.29) is 5.92 Å². The molecule has 0 bridgehead atoms. The monoisotopic (exact) mass is 300 g/mol. The smallest absolute Gasteiger partial charge is 0.322 e. The van der Waals surface area contributed by atoms with Crippen LogP contribution in [0.2, 0.25) is 0 Å². The first-order valence-electron chi connectivity index (χ1n) is 7.37. The Bertz CT molecular complexity index is 671. The molecule has 1 fully saturated rings. The van der Waals surface area contributed by atoms with Crippen molar-refractivity contribution < 1.29 is 9.90 Å². The predicted molar refractivity (Wildman–Crippen MR) is 84.1 cm³/mol. The second-order valence-corrected chi connectivity index (χ2v) is 5.79. The van der Waals surface area contributed by atoms with Gasteiger partial charge in [0.05, 0.1) is 5.52 Å². The van der Waals surface area contributed by atoms with E-state index in [4.69, 9.17) is 0 Å². The fraction of sp³-hybridized carbons (Fsp3) is 0.375. The lowest BCUT2D eigenvalue weighted by atomic mass is 10.0. The summed E-state index contributed by atoms with van der Waals surface area (Å²) in [5.74, 6) is -0.756. The molecule has 1 aromatic carbocycles. The predicted octanol–water partition coefficient (Wildman–Crippen LogP) is 0.844. The van der Waals surface area contributed by atoms with Gasteiger partial charge >= 0.3 is 5.97 Å². The molecule has 1 saturated heterocycles.